The van der Waals surface area contributed by atoms with Gasteiger partial charge in [-0.25, -0.2) is 0 Å². The van der Waals surface area contributed by atoms with E-state index in [-0.39, 0.29) is 0 Å². The molecule has 0 bridgehead atoms. The highest BCUT2D eigenvalue weighted by Gasteiger charge is 2.08. The monoisotopic (exact) mass is 306 g/mol. The molecule has 0 aromatic heterocycles. The van der Waals surface area contributed by atoms with E-state index in [1.807, 2.05) is 24.3 Å². The molecule has 2 rings (SSSR count). The molecule has 3 nitrogen and oxygen atoms in total. The fourth-order valence-corrected chi connectivity index (χ4v) is 2.00. The highest BCUT2D eigenvalue weighted by atomic mass is 79.9. The van der Waals surface area contributed by atoms with Crippen molar-refractivity contribution in [1.29, 1.82) is 0 Å². The van der Waals surface area contributed by atoms with Crippen LogP contribution in [0.2, 0.25) is 0 Å². The van der Waals surface area contributed by atoms with E-state index in [1.165, 1.54) is 12.1 Å². The summed E-state index contributed by atoms with van der Waals surface area (Å²) in [6, 6.07) is 10.2. The van der Waals surface area contributed by atoms with E-state index in [9.17, 15) is 15.0 Å². The van der Waals surface area contributed by atoms with Gasteiger partial charge in [-0.15, -0.1) is 0 Å². The summed E-state index contributed by atoms with van der Waals surface area (Å²) in [5.41, 5.74) is 1.52. The summed E-state index contributed by atoms with van der Waals surface area (Å²) in [5, 5.41) is 19.1. The second-order valence-electron chi connectivity index (χ2n) is 3.99. The number of rotatable bonds is 1. The summed E-state index contributed by atoms with van der Waals surface area (Å²) >= 11 is 3.34. The minimum atomic E-state index is -0.763. The molecule has 0 fully saturated rings. The van der Waals surface area contributed by atoms with E-state index >= 15 is 0 Å². The lowest BCUT2D eigenvalue weighted by molar-refractivity contribution is 0.445. The molecule has 0 atom stereocenters. The lowest BCUT2D eigenvalue weighted by atomic mass is 10.0. The van der Waals surface area contributed by atoms with Gasteiger partial charge < -0.3 is 10.2 Å². The zero-order valence-electron chi connectivity index (χ0n) is 9.64. The molecule has 0 saturated heterocycles. The van der Waals surface area contributed by atoms with Gasteiger partial charge in [-0.1, -0.05) is 28.1 Å². The largest absolute Gasteiger partial charge is 0.504 e. The maximum atomic E-state index is 11.5. The second kappa shape index (κ2) is 4.82. The summed E-state index contributed by atoms with van der Waals surface area (Å²) in [5.74, 6) is -0.910. The Morgan fingerprint density at radius 3 is 2.17 bits per heavy atom. The number of aryl methyl sites for hydroxylation is 1. The average molecular weight is 307 g/mol. The van der Waals surface area contributed by atoms with Gasteiger partial charge in [0.2, 0.25) is 0 Å². The zero-order valence-corrected chi connectivity index (χ0v) is 11.2. The molecule has 0 spiro atoms. The van der Waals surface area contributed by atoms with Crippen molar-refractivity contribution >= 4 is 15.9 Å². The Hall–Kier alpha value is -1.81. The number of hydrogen-bond acceptors (Lipinski definition) is 3. The van der Waals surface area contributed by atoms with E-state index in [0.717, 1.165) is 10.0 Å². The van der Waals surface area contributed by atoms with Gasteiger partial charge in [0.05, 0.1) is 0 Å². The molecule has 0 aliphatic rings. The Morgan fingerprint density at radius 1 is 1.00 bits per heavy atom. The second-order valence-corrected chi connectivity index (χ2v) is 4.91. The van der Waals surface area contributed by atoms with Crippen LogP contribution in [0.3, 0.4) is 0 Å². The maximum Gasteiger partial charge on any atom is 0.261 e. The summed E-state index contributed by atoms with van der Waals surface area (Å²) in [7, 11) is 0. The summed E-state index contributed by atoms with van der Waals surface area (Å²) in [6.07, 6.45) is 0. The van der Waals surface area contributed by atoms with E-state index in [4.69, 9.17) is 0 Å². The summed E-state index contributed by atoms with van der Waals surface area (Å²) in [6.45, 7) is 1.77. The Morgan fingerprint density at radius 2 is 1.56 bits per heavy atom. The topological polar surface area (TPSA) is 57.5 Å². The molecular formula is C14H11BrO3. The van der Waals surface area contributed by atoms with Crippen molar-refractivity contribution in [3.05, 3.63) is 56.7 Å². The van der Waals surface area contributed by atoms with Crippen molar-refractivity contribution < 1.29 is 10.2 Å². The Kier molecular flexibility index (Phi) is 3.39. The first-order valence-corrected chi connectivity index (χ1v) is 6.11. The van der Waals surface area contributed by atoms with E-state index in [0.29, 0.717) is 11.1 Å². The maximum absolute atomic E-state index is 11.5. The van der Waals surface area contributed by atoms with Crippen LogP contribution in [0.5, 0.6) is 11.5 Å². The molecule has 0 aliphatic heterocycles. The number of aromatic hydroxyl groups is 2. The van der Waals surface area contributed by atoms with Gasteiger partial charge in [-0.3, -0.25) is 4.79 Å². The fraction of sp³-hybridized carbons (Fsp3) is 0.0714. The van der Waals surface area contributed by atoms with Gasteiger partial charge in [-0.05, 0) is 47.9 Å². The number of halogens is 1. The van der Waals surface area contributed by atoms with Crippen LogP contribution in [0.15, 0.2) is 45.7 Å². The summed E-state index contributed by atoms with van der Waals surface area (Å²) < 4.78 is 0.945. The van der Waals surface area contributed by atoms with Crippen LogP contribution in [-0.4, -0.2) is 10.2 Å². The first-order valence-electron chi connectivity index (χ1n) is 5.32. The SMILES string of the molecule is Cc1cc(O)c(=O)c(O)cc1-c1ccc(Br)cc1. The van der Waals surface area contributed by atoms with Gasteiger partial charge in [-0.2, -0.15) is 0 Å². The standard InChI is InChI=1S/C14H11BrO3/c1-8-6-12(16)14(18)13(17)7-11(8)9-2-4-10(15)5-3-9/h2-7H,1H3,(H2,16,17,18). The molecule has 18 heavy (non-hydrogen) atoms. The third kappa shape index (κ3) is 2.38. The van der Waals surface area contributed by atoms with Crippen molar-refractivity contribution in [2.75, 3.05) is 0 Å². The van der Waals surface area contributed by atoms with Crippen LogP contribution < -0.4 is 5.43 Å². The molecule has 2 N–H and O–H groups in total. The average Bonchev–Trinajstić information content (AvgIpc) is 2.43. The van der Waals surface area contributed by atoms with Crippen LogP contribution in [0.1, 0.15) is 5.56 Å². The number of hydrogen-bond donors (Lipinski definition) is 2. The normalized spacial score (nSPS) is 10.3. The Bertz CT molecular complexity index is 648. The van der Waals surface area contributed by atoms with Gasteiger partial charge in [0.15, 0.2) is 11.5 Å². The fourth-order valence-electron chi connectivity index (χ4n) is 1.74. The van der Waals surface area contributed by atoms with E-state index in [1.54, 1.807) is 6.92 Å². The van der Waals surface area contributed by atoms with Crippen LogP contribution >= 0.6 is 15.9 Å². The Balaban J connectivity index is 2.73. The van der Waals surface area contributed by atoms with Crippen molar-refractivity contribution in [3.63, 3.8) is 0 Å². The van der Waals surface area contributed by atoms with Gasteiger partial charge >= 0.3 is 0 Å². The third-order valence-electron chi connectivity index (χ3n) is 2.68. The smallest absolute Gasteiger partial charge is 0.261 e. The lowest BCUT2D eigenvalue weighted by Gasteiger charge is -2.03. The molecular weight excluding hydrogens is 296 g/mol. The van der Waals surface area contributed by atoms with Gasteiger partial charge in [0, 0.05) is 4.47 Å². The van der Waals surface area contributed by atoms with Crippen LogP contribution in [0, 0.1) is 6.92 Å². The molecule has 2 aromatic rings. The van der Waals surface area contributed by atoms with Crippen LogP contribution in [0.25, 0.3) is 11.1 Å². The minimum Gasteiger partial charge on any atom is -0.504 e. The predicted molar refractivity (Wildman–Crippen MR) is 73.9 cm³/mol. The van der Waals surface area contributed by atoms with Crippen molar-refractivity contribution in [3.8, 4) is 22.6 Å². The van der Waals surface area contributed by atoms with Crippen molar-refractivity contribution in [2.45, 2.75) is 6.92 Å². The van der Waals surface area contributed by atoms with Crippen LogP contribution in [-0.2, 0) is 0 Å². The Labute approximate surface area is 112 Å². The van der Waals surface area contributed by atoms with Crippen molar-refractivity contribution in [2.24, 2.45) is 0 Å². The zero-order chi connectivity index (χ0) is 13.3. The summed E-state index contributed by atoms with van der Waals surface area (Å²) in [4.78, 5) is 11.5. The number of benzene rings is 1. The molecule has 92 valence electrons. The van der Waals surface area contributed by atoms with Gasteiger partial charge in [0.1, 0.15) is 0 Å². The predicted octanol–water partition coefficient (Wildman–Crippen LogP) is 3.20. The first-order chi connectivity index (χ1) is 8.49. The molecule has 4 heteroatoms. The molecule has 0 amide bonds. The van der Waals surface area contributed by atoms with E-state index in [2.05, 4.69) is 15.9 Å². The first kappa shape index (κ1) is 12.6. The molecule has 0 saturated carbocycles. The van der Waals surface area contributed by atoms with Crippen molar-refractivity contribution in [1.82, 2.24) is 0 Å². The highest BCUT2D eigenvalue weighted by molar-refractivity contribution is 9.10. The molecule has 0 aliphatic carbocycles. The van der Waals surface area contributed by atoms with Gasteiger partial charge in [0.25, 0.3) is 5.43 Å². The van der Waals surface area contributed by atoms with Crippen LogP contribution in [0.4, 0.5) is 0 Å². The van der Waals surface area contributed by atoms with E-state index < -0.39 is 16.9 Å². The quantitative estimate of drug-likeness (QED) is 0.850. The third-order valence-corrected chi connectivity index (χ3v) is 3.21. The minimum absolute atomic E-state index is 0.451. The molecule has 0 heterocycles. The highest BCUT2D eigenvalue weighted by Crippen LogP contribution is 2.27. The molecule has 0 radical (unpaired) electrons. The molecule has 0 unspecified atom stereocenters. The lowest BCUT2D eigenvalue weighted by Crippen LogP contribution is -1.94. The molecule has 2 aromatic carbocycles.